The zero-order valence-electron chi connectivity index (χ0n) is 39.4. The molecule has 66 heavy (non-hydrogen) atoms. The van der Waals surface area contributed by atoms with Crippen LogP contribution in [0.4, 0.5) is 4.39 Å². The number of cyclic esters (lactones) is 1. The van der Waals surface area contributed by atoms with Crippen molar-refractivity contribution >= 4 is 40.5 Å². The van der Waals surface area contributed by atoms with Gasteiger partial charge in [-0.3, -0.25) is 34.0 Å². The lowest BCUT2D eigenvalue weighted by Crippen LogP contribution is -2.62. The van der Waals surface area contributed by atoms with Gasteiger partial charge < -0.3 is 29.2 Å². The number of fused-ring (bicyclic) bond motifs is 6. The van der Waals surface area contributed by atoms with Gasteiger partial charge in [0.05, 0.1) is 35.5 Å². The molecule has 5 heterocycles. The lowest BCUT2D eigenvalue weighted by atomic mass is 9.84. The molecule has 4 aromatic rings. The molecule has 6 bridgehead atoms. The third-order valence-corrected chi connectivity index (χ3v) is 13.3. The summed E-state index contributed by atoms with van der Waals surface area (Å²) in [5.41, 5.74) is 8.60. The predicted octanol–water partition coefficient (Wildman–Crippen LogP) is 6.73. The maximum Gasteiger partial charge on any atom is 0.324 e. The minimum absolute atomic E-state index is 0.0380. The number of carbonyl (C=O) groups excluding carboxylic acids is 5. The van der Waals surface area contributed by atoms with E-state index in [9.17, 15) is 24.0 Å². The van der Waals surface area contributed by atoms with Crippen LogP contribution in [0.1, 0.15) is 90.0 Å². The molecule has 6 atom stereocenters. The maximum atomic E-state index is 16.2. The van der Waals surface area contributed by atoms with Crippen molar-refractivity contribution in [3.63, 3.8) is 0 Å². The summed E-state index contributed by atoms with van der Waals surface area (Å²) in [6.07, 6.45) is 3.04. The van der Waals surface area contributed by atoms with Gasteiger partial charge in [0.25, 0.3) is 5.91 Å². The topological polar surface area (TPSA) is 155 Å². The van der Waals surface area contributed by atoms with Gasteiger partial charge in [0.1, 0.15) is 18.1 Å². The number of aromatic nitrogens is 2. The number of rotatable bonds is 10. The molecule has 0 radical (unpaired) electrons. The van der Waals surface area contributed by atoms with Gasteiger partial charge in [-0.25, -0.2) is 9.82 Å². The molecule has 2 saturated heterocycles. The number of hydrogen-bond donors (Lipinski definition) is 2. The van der Waals surface area contributed by atoms with Crippen molar-refractivity contribution in [2.24, 2.45) is 17.3 Å². The van der Waals surface area contributed by atoms with Crippen LogP contribution in [-0.2, 0) is 46.3 Å². The number of esters is 1. The Hall–Kier alpha value is -5.93. The van der Waals surface area contributed by atoms with E-state index in [0.717, 1.165) is 33.2 Å². The van der Waals surface area contributed by atoms with Gasteiger partial charge >= 0.3 is 5.97 Å². The Labute approximate surface area is 386 Å². The quantitative estimate of drug-likeness (QED) is 0.130. The highest BCUT2D eigenvalue weighted by molar-refractivity contribution is 5.96. The first-order valence-electron chi connectivity index (χ1n) is 23.0. The van der Waals surface area contributed by atoms with E-state index in [1.165, 1.54) is 22.9 Å². The van der Waals surface area contributed by atoms with Crippen LogP contribution in [0.15, 0.2) is 73.4 Å². The maximum absolute atomic E-state index is 16.2. The number of likely N-dealkylation sites (tertiary alicyclic amines) is 1. The molecule has 4 amide bonds. The summed E-state index contributed by atoms with van der Waals surface area (Å²) >= 11 is 0. The van der Waals surface area contributed by atoms with Gasteiger partial charge in [0, 0.05) is 62.8 Å². The van der Waals surface area contributed by atoms with E-state index in [-0.39, 0.29) is 43.4 Å². The first kappa shape index (κ1) is 48.0. The molecule has 352 valence electrons. The number of hydrazine groups is 1. The van der Waals surface area contributed by atoms with Crippen molar-refractivity contribution in [1.29, 1.82) is 0 Å². The standard InChI is InChI=1S/C51H64FN7O7/c1-10-43(60)57-23-20-36(28-57)48(62)56(8)45(30(2)3)47(61)54-41-25-33-14-11-15-34(24-33)35-18-19-42-38(26-35)39(46(59(42)32(5)52)37-16-12-21-53-44(37)31(4)65-9)27-51(6,7)29-66-50(64)40-17-13-22-58(55-40)49(41)63/h10-12,14-16,18-19,21,24,26,30-32,36,40-41,45,55H,1,13,17,20,22-23,25,27-29H2,2-9H3,(H,54,61)/t31-,32?,36-,40-,41-,45-/m0/s1. The van der Waals surface area contributed by atoms with Gasteiger partial charge in [-0.05, 0) is 98.0 Å². The predicted molar refractivity (Wildman–Crippen MR) is 250 cm³/mol. The van der Waals surface area contributed by atoms with Crippen molar-refractivity contribution in [1.82, 2.24) is 35.1 Å². The fourth-order valence-corrected chi connectivity index (χ4v) is 9.87. The number of pyridine rings is 1. The third-order valence-electron chi connectivity index (χ3n) is 13.3. The lowest BCUT2D eigenvalue weighted by molar-refractivity contribution is -0.155. The molecule has 0 aliphatic carbocycles. The molecule has 2 aromatic carbocycles. The summed E-state index contributed by atoms with van der Waals surface area (Å²) in [6.45, 7) is 15.7. The van der Waals surface area contributed by atoms with E-state index < -0.39 is 53.5 Å². The smallest absolute Gasteiger partial charge is 0.324 e. The van der Waals surface area contributed by atoms with Gasteiger partial charge in [-0.1, -0.05) is 64.6 Å². The van der Waals surface area contributed by atoms with Crippen molar-refractivity contribution in [2.45, 2.75) is 104 Å². The summed E-state index contributed by atoms with van der Waals surface area (Å²) in [7, 11) is 3.21. The molecule has 0 spiro atoms. The number of nitrogens with zero attached hydrogens (tertiary/aromatic N) is 5. The van der Waals surface area contributed by atoms with E-state index in [1.54, 1.807) is 29.8 Å². The highest BCUT2D eigenvalue weighted by Gasteiger charge is 2.40. The number of benzene rings is 2. The summed E-state index contributed by atoms with van der Waals surface area (Å²) in [5.74, 6) is -2.77. The normalized spacial score (nSPS) is 21.5. The van der Waals surface area contributed by atoms with Gasteiger partial charge in [-0.2, -0.15) is 0 Å². The minimum Gasteiger partial charge on any atom is -0.464 e. The summed E-state index contributed by atoms with van der Waals surface area (Å²) in [4.78, 5) is 77.0. The Morgan fingerprint density at radius 1 is 1.05 bits per heavy atom. The number of likely N-dealkylation sites (N-methyl/N-ethyl adjacent to an activating group) is 1. The average molecular weight is 906 g/mol. The van der Waals surface area contributed by atoms with Crippen molar-refractivity contribution in [2.75, 3.05) is 40.4 Å². The number of methoxy groups -OCH3 is 1. The molecule has 3 aliphatic rings. The van der Waals surface area contributed by atoms with Crippen LogP contribution < -0.4 is 10.7 Å². The molecule has 3 aliphatic heterocycles. The number of ether oxygens (including phenoxy) is 2. The van der Waals surface area contributed by atoms with Crippen LogP contribution in [0.25, 0.3) is 33.3 Å². The Bertz CT molecular complexity index is 2500. The van der Waals surface area contributed by atoms with Crippen molar-refractivity contribution in [3.05, 3.63) is 90.3 Å². The molecule has 15 heteroatoms. The fourth-order valence-electron chi connectivity index (χ4n) is 9.87. The van der Waals surface area contributed by atoms with Crippen molar-refractivity contribution < 1.29 is 37.8 Å². The van der Waals surface area contributed by atoms with E-state index in [2.05, 4.69) is 23.4 Å². The Morgan fingerprint density at radius 2 is 1.80 bits per heavy atom. The summed E-state index contributed by atoms with van der Waals surface area (Å²) in [6, 6.07) is 14.7. The van der Waals surface area contributed by atoms with E-state index in [4.69, 9.17) is 14.5 Å². The van der Waals surface area contributed by atoms with Gasteiger partial charge in [0.15, 0.2) is 6.30 Å². The zero-order chi connectivity index (χ0) is 47.6. The molecular formula is C51H64FN7O7. The van der Waals surface area contributed by atoms with Crippen LogP contribution in [0.5, 0.6) is 0 Å². The van der Waals surface area contributed by atoms with Crippen LogP contribution in [0.2, 0.25) is 0 Å². The number of nitrogens with one attached hydrogen (secondary N) is 2. The van der Waals surface area contributed by atoms with E-state index in [0.29, 0.717) is 55.7 Å². The molecule has 7 rings (SSSR count). The highest BCUT2D eigenvalue weighted by atomic mass is 19.1. The first-order valence-corrected chi connectivity index (χ1v) is 23.0. The average Bonchev–Trinajstić information content (AvgIpc) is 3.92. The molecule has 14 nitrogen and oxygen atoms in total. The van der Waals surface area contributed by atoms with Crippen LogP contribution >= 0.6 is 0 Å². The Balaban J connectivity index is 1.30. The minimum atomic E-state index is -1.42. The van der Waals surface area contributed by atoms with Crippen molar-refractivity contribution in [3.8, 4) is 22.4 Å². The Morgan fingerprint density at radius 3 is 2.52 bits per heavy atom. The second kappa shape index (κ2) is 19.9. The molecular weight excluding hydrogens is 842 g/mol. The summed E-state index contributed by atoms with van der Waals surface area (Å²) in [5, 5.41) is 5.26. The molecule has 1 unspecified atom stereocenters. The molecule has 0 saturated carbocycles. The van der Waals surface area contributed by atoms with E-state index >= 15 is 4.39 Å². The van der Waals surface area contributed by atoms with Crippen LogP contribution in [0.3, 0.4) is 0 Å². The monoisotopic (exact) mass is 905 g/mol. The van der Waals surface area contributed by atoms with Crippen LogP contribution in [-0.4, -0.2) is 112 Å². The second-order valence-electron chi connectivity index (χ2n) is 19.2. The zero-order valence-corrected chi connectivity index (χ0v) is 39.4. The SMILES string of the molecule is C=CC(=O)N1CC[C@H](C(=O)N(C)[C@H](C(=O)N[C@H]2Cc3cccc(c3)-c3ccc4c(c3)c(c(-c3cccnc3[C@H](C)OC)n4C(C)F)CC(C)(C)COC(=O)[C@@H]3CCCN(N3)C2=O)C(C)C)C1. The molecule has 2 N–H and O–H groups in total. The molecule has 2 fully saturated rings. The van der Waals surface area contributed by atoms with E-state index in [1.807, 2.05) is 83.1 Å². The summed E-state index contributed by atoms with van der Waals surface area (Å²) < 4.78 is 29.7. The number of carbonyl (C=O) groups is 5. The number of hydrogen-bond acceptors (Lipinski definition) is 9. The fraction of sp³-hybridized carbons (Fsp3) is 0.490. The highest BCUT2D eigenvalue weighted by Crippen LogP contribution is 2.43. The van der Waals surface area contributed by atoms with Gasteiger partial charge in [-0.15, -0.1) is 0 Å². The van der Waals surface area contributed by atoms with Crippen LogP contribution in [0, 0.1) is 17.3 Å². The third kappa shape index (κ3) is 9.92. The lowest BCUT2D eigenvalue weighted by Gasteiger charge is -2.37. The Kier molecular flexibility index (Phi) is 14.5. The molecule has 2 aromatic heterocycles. The second-order valence-corrected chi connectivity index (χ2v) is 19.2. The first-order chi connectivity index (χ1) is 31.4. The largest absolute Gasteiger partial charge is 0.464 e. The number of alkyl halides is 1. The van der Waals surface area contributed by atoms with Gasteiger partial charge in [0.2, 0.25) is 17.7 Å². The number of amides is 4. The number of halogens is 1.